The van der Waals surface area contributed by atoms with Crippen LogP contribution in [0.15, 0.2) is 6.20 Å². The van der Waals surface area contributed by atoms with Gasteiger partial charge < -0.3 is 16.2 Å². The van der Waals surface area contributed by atoms with Crippen LogP contribution in [0.3, 0.4) is 0 Å². The van der Waals surface area contributed by atoms with Gasteiger partial charge in [-0.3, -0.25) is 4.79 Å². The van der Waals surface area contributed by atoms with E-state index in [0.29, 0.717) is 12.4 Å². The third-order valence-electron chi connectivity index (χ3n) is 2.46. The zero-order valence-corrected chi connectivity index (χ0v) is 11.2. The maximum atomic E-state index is 11.1. The first-order valence-electron chi connectivity index (χ1n) is 5.81. The minimum atomic E-state index is -0.636. The summed E-state index contributed by atoms with van der Waals surface area (Å²) in [7, 11) is 0. The Labute approximate surface area is 107 Å². The number of primary amides is 1. The number of carbonyl (C=O) groups excluding carboxylic acids is 1. The monoisotopic (exact) mass is 252 g/mol. The van der Waals surface area contributed by atoms with E-state index in [1.807, 2.05) is 27.7 Å². The summed E-state index contributed by atoms with van der Waals surface area (Å²) in [6, 6.07) is 0. The Morgan fingerprint density at radius 1 is 1.50 bits per heavy atom. The summed E-state index contributed by atoms with van der Waals surface area (Å²) >= 11 is 0. The topological polar surface area (TPSA) is 104 Å². The molecule has 0 aliphatic heterocycles. The SMILES string of the molecule is CCOC(c1ncc(C(N)=O)c(N)n1)C(C)(C)C. The number of hydrogen-bond acceptors (Lipinski definition) is 5. The molecule has 0 aliphatic rings. The fourth-order valence-corrected chi connectivity index (χ4v) is 1.60. The van der Waals surface area contributed by atoms with Crippen LogP contribution >= 0.6 is 0 Å². The van der Waals surface area contributed by atoms with Gasteiger partial charge in [0.05, 0.1) is 5.56 Å². The van der Waals surface area contributed by atoms with Crippen molar-refractivity contribution in [3.8, 4) is 0 Å². The number of nitrogens with zero attached hydrogens (tertiary/aromatic N) is 2. The summed E-state index contributed by atoms with van der Waals surface area (Å²) in [5.41, 5.74) is 10.8. The van der Waals surface area contributed by atoms with E-state index >= 15 is 0 Å². The Hall–Kier alpha value is -1.69. The maximum Gasteiger partial charge on any atom is 0.254 e. The van der Waals surface area contributed by atoms with E-state index in [0.717, 1.165) is 0 Å². The largest absolute Gasteiger partial charge is 0.383 e. The molecule has 1 heterocycles. The number of nitrogens with two attached hydrogens (primary N) is 2. The first-order chi connectivity index (χ1) is 8.27. The lowest BCUT2D eigenvalue weighted by Crippen LogP contribution is -2.25. The van der Waals surface area contributed by atoms with Crippen LogP contribution in [-0.2, 0) is 4.74 Å². The molecule has 1 aromatic heterocycles. The van der Waals surface area contributed by atoms with E-state index in [-0.39, 0.29) is 22.9 Å². The first-order valence-corrected chi connectivity index (χ1v) is 5.81. The van der Waals surface area contributed by atoms with Gasteiger partial charge in [0, 0.05) is 12.8 Å². The summed E-state index contributed by atoms with van der Waals surface area (Å²) in [6.45, 7) is 8.52. The standard InChI is InChI=1S/C12H20N4O2/c1-5-18-8(12(2,3)4)11-15-6-7(10(14)17)9(13)16-11/h6,8H,5H2,1-4H3,(H2,14,17)(H2,13,15,16). The van der Waals surface area contributed by atoms with Crippen LogP contribution < -0.4 is 11.5 Å². The predicted octanol–water partition coefficient (Wildman–Crippen LogP) is 1.28. The molecule has 0 bridgehead atoms. The summed E-state index contributed by atoms with van der Waals surface area (Å²) in [6.07, 6.45) is 1.06. The zero-order chi connectivity index (χ0) is 13.9. The predicted molar refractivity (Wildman–Crippen MR) is 68.8 cm³/mol. The normalized spacial score (nSPS) is 13.3. The van der Waals surface area contributed by atoms with Crippen molar-refractivity contribution in [3.63, 3.8) is 0 Å². The van der Waals surface area contributed by atoms with Gasteiger partial charge in [-0.1, -0.05) is 20.8 Å². The van der Waals surface area contributed by atoms with Gasteiger partial charge in [-0.2, -0.15) is 0 Å². The summed E-state index contributed by atoms with van der Waals surface area (Å²) < 4.78 is 5.65. The van der Waals surface area contributed by atoms with E-state index in [9.17, 15) is 4.79 Å². The molecule has 0 saturated heterocycles. The van der Waals surface area contributed by atoms with Gasteiger partial charge in [0.25, 0.3) is 5.91 Å². The van der Waals surface area contributed by atoms with Gasteiger partial charge in [-0.25, -0.2) is 9.97 Å². The number of anilines is 1. The average molecular weight is 252 g/mol. The molecule has 0 aromatic carbocycles. The van der Waals surface area contributed by atoms with Gasteiger partial charge in [0.1, 0.15) is 11.9 Å². The number of nitrogen functional groups attached to an aromatic ring is 1. The number of ether oxygens (including phenoxy) is 1. The summed E-state index contributed by atoms with van der Waals surface area (Å²) in [5, 5.41) is 0. The number of hydrogen-bond donors (Lipinski definition) is 2. The smallest absolute Gasteiger partial charge is 0.254 e. The second-order valence-corrected chi connectivity index (χ2v) is 5.09. The molecule has 100 valence electrons. The number of rotatable bonds is 4. The van der Waals surface area contributed by atoms with Crippen LogP contribution in [-0.4, -0.2) is 22.5 Å². The molecule has 6 heteroatoms. The molecule has 1 rings (SSSR count). The molecule has 1 aromatic rings. The van der Waals surface area contributed by atoms with Gasteiger partial charge in [0.15, 0.2) is 5.82 Å². The van der Waals surface area contributed by atoms with Crippen molar-refractivity contribution in [2.45, 2.75) is 33.8 Å². The van der Waals surface area contributed by atoms with Crippen LogP contribution in [0, 0.1) is 5.41 Å². The molecule has 0 aliphatic carbocycles. The maximum absolute atomic E-state index is 11.1. The Bertz CT molecular complexity index is 440. The van der Waals surface area contributed by atoms with Crippen molar-refractivity contribution >= 4 is 11.7 Å². The molecule has 6 nitrogen and oxygen atoms in total. The highest BCUT2D eigenvalue weighted by atomic mass is 16.5. The van der Waals surface area contributed by atoms with Crippen molar-refractivity contribution in [1.82, 2.24) is 9.97 Å². The molecule has 0 radical (unpaired) electrons. The fraction of sp³-hybridized carbons (Fsp3) is 0.583. The molecule has 1 atom stereocenters. The van der Waals surface area contributed by atoms with Crippen LogP contribution in [0.4, 0.5) is 5.82 Å². The fourth-order valence-electron chi connectivity index (χ4n) is 1.60. The Balaban J connectivity index is 3.15. The van der Waals surface area contributed by atoms with Crippen LogP contribution in [0.1, 0.15) is 50.0 Å². The Morgan fingerprint density at radius 3 is 2.50 bits per heavy atom. The molecular formula is C12H20N4O2. The highest BCUT2D eigenvalue weighted by molar-refractivity contribution is 5.96. The van der Waals surface area contributed by atoms with Crippen molar-refractivity contribution in [2.75, 3.05) is 12.3 Å². The minimum absolute atomic E-state index is 0.0847. The molecule has 0 fully saturated rings. The van der Waals surface area contributed by atoms with E-state index in [1.165, 1.54) is 6.20 Å². The molecule has 18 heavy (non-hydrogen) atoms. The van der Waals surface area contributed by atoms with Crippen molar-refractivity contribution in [2.24, 2.45) is 11.1 Å². The molecule has 1 amide bonds. The average Bonchev–Trinajstić information content (AvgIpc) is 2.23. The number of carbonyl (C=O) groups is 1. The summed E-state index contributed by atoms with van der Waals surface area (Å²) in [5.74, 6) is -0.0870. The summed E-state index contributed by atoms with van der Waals surface area (Å²) in [4.78, 5) is 19.3. The van der Waals surface area contributed by atoms with Crippen molar-refractivity contribution in [3.05, 3.63) is 17.6 Å². The van der Waals surface area contributed by atoms with Crippen LogP contribution in [0.2, 0.25) is 0 Å². The molecule has 0 spiro atoms. The van der Waals surface area contributed by atoms with E-state index in [1.54, 1.807) is 0 Å². The molecule has 1 unspecified atom stereocenters. The lowest BCUT2D eigenvalue weighted by Gasteiger charge is -2.29. The lowest BCUT2D eigenvalue weighted by molar-refractivity contribution is -0.0190. The van der Waals surface area contributed by atoms with Crippen LogP contribution in [0.5, 0.6) is 0 Å². The van der Waals surface area contributed by atoms with Crippen molar-refractivity contribution < 1.29 is 9.53 Å². The molecular weight excluding hydrogens is 232 g/mol. The van der Waals surface area contributed by atoms with Crippen molar-refractivity contribution in [1.29, 1.82) is 0 Å². The van der Waals surface area contributed by atoms with Gasteiger partial charge in [-0.15, -0.1) is 0 Å². The second-order valence-electron chi connectivity index (χ2n) is 5.09. The van der Waals surface area contributed by atoms with Gasteiger partial charge in [0.2, 0.25) is 0 Å². The Kier molecular flexibility index (Phi) is 4.24. The zero-order valence-electron chi connectivity index (χ0n) is 11.2. The highest BCUT2D eigenvalue weighted by Gasteiger charge is 2.30. The van der Waals surface area contributed by atoms with Gasteiger partial charge in [-0.05, 0) is 12.3 Å². The van der Waals surface area contributed by atoms with Crippen LogP contribution in [0.25, 0.3) is 0 Å². The van der Waals surface area contributed by atoms with E-state index < -0.39 is 5.91 Å². The minimum Gasteiger partial charge on any atom is -0.383 e. The highest BCUT2D eigenvalue weighted by Crippen LogP contribution is 2.34. The first kappa shape index (κ1) is 14.4. The third kappa shape index (κ3) is 3.16. The van der Waals surface area contributed by atoms with E-state index in [2.05, 4.69) is 9.97 Å². The lowest BCUT2D eigenvalue weighted by atomic mass is 9.88. The molecule has 4 N–H and O–H groups in total. The third-order valence-corrected chi connectivity index (χ3v) is 2.46. The Morgan fingerprint density at radius 2 is 2.11 bits per heavy atom. The quantitative estimate of drug-likeness (QED) is 0.840. The molecule has 0 saturated carbocycles. The van der Waals surface area contributed by atoms with E-state index in [4.69, 9.17) is 16.2 Å². The second kappa shape index (κ2) is 5.30. The van der Waals surface area contributed by atoms with Gasteiger partial charge >= 0.3 is 0 Å². The number of amides is 1. The number of aromatic nitrogens is 2.